The van der Waals surface area contributed by atoms with Crippen molar-refractivity contribution in [1.29, 1.82) is 0 Å². The number of pyridine rings is 1. The third kappa shape index (κ3) is 4.95. The third-order valence-corrected chi connectivity index (χ3v) is 4.37. The van der Waals surface area contributed by atoms with Crippen LogP contribution in [0.3, 0.4) is 0 Å². The maximum Gasteiger partial charge on any atom is 0.198 e. The Kier molecular flexibility index (Phi) is 5.88. The molecule has 1 aliphatic rings. The molecule has 5 heteroatoms. The van der Waals surface area contributed by atoms with Gasteiger partial charge in [-0.15, -0.1) is 0 Å². The number of para-hydroxylation sites is 1. The van der Waals surface area contributed by atoms with Crippen LogP contribution in [0.1, 0.15) is 24.8 Å². The molecular formula is C20H27N5. The minimum absolute atomic E-state index is 0.648. The van der Waals surface area contributed by atoms with E-state index in [1.165, 1.54) is 24.8 Å². The molecule has 0 unspecified atom stereocenters. The number of rotatable bonds is 4. The maximum atomic E-state index is 4.90. The molecule has 0 spiro atoms. The monoisotopic (exact) mass is 337 g/mol. The Balaban J connectivity index is 1.77. The van der Waals surface area contributed by atoms with Crippen molar-refractivity contribution in [2.45, 2.75) is 25.8 Å². The van der Waals surface area contributed by atoms with E-state index in [9.17, 15) is 0 Å². The number of guanidine groups is 1. The van der Waals surface area contributed by atoms with Crippen LogP contribution in [-0.4, -0.2) is 43.0 Å². The van der Waals surface area contributed by atoms with Crippen LogP contribution in [0.25, 0.3) is 0 Å². The predicted octanol–water partition coefficient (Wildman–Crippen LogP) is 3.60. The van der Waals surface area contributed by atoms with Gasteiger partial charge in [0.1, 0.15) is 5.82 Å². The van der Waals surface area contributed by atoms with Crippen LogP contribution in [-0.2, 0) is 6.54 Å². The number of hydrogen-bond acceptors (Lipinski definition) is 3. The van der Waals surface area contributed by atoms with Crippen LogP contribution in [0.4, 0.5) is 11.5 Å². The fraction of sp³-hybridized carbons (Fsp3) is 0.400. The number of nitrogens with one attached hydrogen (secondary N) is 1. The zero-order chi connectivity index (χ0) is 17.5. The van der Waals surface area contributed by atoms with Gasteiger partial charge >= 0.3 is 0 Å². The minimum atomic E-state index is 0.648. The Morgan fingerprint density at radius 1 is 1.12 bits per heavy atom. The molecule has 0 radical (unpaired) electrons. The van der Waals surface area contributed by atoms with Crippen molar-refractivity contribution in [1.82, 2.24) is 9.88 Å². The highest BCUT2D eigenvalue weighted by atomic mass is 15.3. The van der Waals surface area contributed by atoms with E-state index in [-0.39, 0.29) is 0 Å². The summed E-state index contributed by atoms with van der Waals surface area (Å²) >= 11 is 0. The standard InChI is InChI=1S/C20H27N5/c1-24(2)19-15-17(11-12-21-19)16-22-20(25-13-7-4-8-14-25)23-18-9-5-3-6-10-18/h3,5-6,9-12,15H,4,7-8,13-14,16H2,1-2H3,(H,22,23). The van der Waals surface area contributed by atoms with E-state index >= 15 is 0 Å². The fourth-order valence-electron chi connectivity index (χ4n) is 2.94. The highest BCUT2D eigenvalue weighted by molar-refractivity contribution is 5.93. The molecule has 132 valence electrons. The highest BCUT2D eigenvalue weighted by Crippen LogP contribution is 2.15. The molecule has 0 atom stereocenters. The summed E-state index contributed by atoms with van der Waals surface area (Å²) in [5.41, 5.74) is 2.25. The number of hydrogen-bond donors (Lipinski definition) is 1. The molecule has 2 aromatic rings. The van der Waals surface area contributed by atoms with Crippen molar-refractivity contribution in [3.8, 4) is 0 Å². The highest BCUT2D eigenvalue weighted by Gasteiger charge is 2.15. The Morgan fingerprint density at radius 2 is 1.88 bits per heavy atom. The maximum absolute atomic E-state index is 4.90. The first kappa shape index (κ1) is 17.3. The predicted molar refractivity (Wildman–Crippen MR) is 105 cm³/mol. The average Bonchev–Trinajstić information content (AvgIpc) is 2.67. The van der Waals surface area contributed by atoms with Crippen molar-refractivity contribution in [2.24, 2.45) is 4.99 Å². The van der Waals surface area contributed by atoms with Crippen LogP contribution in [0, 0.1) is 0 Å². The molecule has 3 rings (SSSR count). The molecule has 5 nitrogen and oxygen atoms in total. The number of anilines is 2. The first-order valence-electron chi connectivity index (χ1n) is 8.96. The van der Waals surface area contributed by atoms with Gasteiger partial charge in [0.2, 0.25) is 0 Å². The van der Waals surface area contributed by atoms with Crippen molar-refractivity contribution >= 4 is 17.5 Å². The van der Waals surface area contributed by atoms with E-state index in [1.807, 2.05) is 49.5 Å². The average molecular weight is 337 g/mol. The zero-order valence-corrected chi connectivity index (χ0v) is 15.2. The number of piperidine rings is 1. The molecule has 1 saturated heterocycles. The van der Waals surface area contributed by atoms with E-state index in [0.717, 1.165) is 30.6 Å². The van der Waals surface area contributed by atoms with Gasteiger partial charge in [-0.05, 0) is 49.1 Å². The van der Waals surface area contributed by atoms with Crippen molar-refractivity contribution in [2.75, 3.05) is 37.4 Å². The smallest absolute Gasteiger partial charge is 0.198 e. The quantitative estimate of drug-likeness (QED) is 0.684. The van der Waals surface area contributed by atoms with Gasteiger partial charge in [-0.2, -0.15) is 0 Å². The van der Waals surface area contributed by atoms with Gasteiger partial charge in [0, 0.05) is 39.1 Å². The number of nitrogens with zero attached hydrogens (tertiary/aromatic N) is 4. The van der Waals surface area contributed by atoms with E-state index in [1.54, 1.807) is 0 Å². The van der Waals surface area contributed by atoms with E-state index in [0.29, 0.717) is 6.54 Å². The number of aliphatic imine (C=N–C) groups is 1. The number of likely N-dealkylation sites (tertiary alicyclic amines) is 1. The lowest BCUT2D eigenvalue weighted by Gasteiger charge is -2.30. The van der Waals surface area contributed by atoms with Gasteiger partial charge in [-0.1, -0.05) is 18.2 Å². The first-order valence-corrected chi connectivity index (χ1v) is 8.96. The molecule has 0 aliphatic carbocycles. The van der Waals surface area contributed by atoms with Gasteiger partial charge in [-0.3, -0.25) is 0 Å². The second kappa shape index (κ2) is 8.51. The van der Waals surface area contributed by atoms with Crippen LogP contribution in [0.2, 0.25) is 0 Å². The van der Waals surface area contributed by atoms with E-state index in [2.05, 4.69) is 33.4 Å². The molecule has 1 aliphatic heterocycles. The lowest BCUT2D eigenvalue weighted by atomic mass is 10.1. The van der Waals surface area contributed by atoms with Crippen LogP contribution in [0.5, 0.6) is 0 Å². The molecule has 0 bridgehead atoms. The summed E-state index contributed by atoms with van der Waals surface area (Å²) in [5, 5.41) is 3.51. The van der Waals surface area contributed by atoms with E-state index in [4.69, 9.17) is 4.99 Å². The lowest BCUT2D eigenvalue weighted by molar-refractivity contribution is 0.340. The summed E-state index contributed by atoms with van der Waals surface area (Å²) in [6.07, 6.45) is 5.63. The summed E-state index contributed by atoms with van der Waals surface area (Å²) in [6, 6.07) is 14.4. The van der Waals surface area contributed by atoms with E-state index < -0.39 is 0 Å². The Bertz CT molecular complexity index is 690. The lowest BCUT2D eigenvalue weighted by Crippen LogP contribution is -2.40. The molecule has 1 N–H and O–H groups in total. The minimum Gasteiger partial charge on any atom is -0.363 e. The molecule has 25 heavy (non-hydrogen) atoms. The topological polar surface area (TPSA) is 43.8 Å². The second-order valence-corrected chi connectivity index (χ2v) is 6.60. The Hall–Kier alpha value is -2.56. The summed E-state index contributed by atoms with van der Waals surface area (Å²) in [5.74, 6) is 1.93. The molecule has 0 saturated carbocycles. The zero-order valence-electron chi connectivity index (χ0n) is 15.2. The summed E-state index contributed by atoms with van der Waals surface area (Å²) in [7, 11) is 4.01. The van der Waals surface area contributed by atoms with Crippen molar-refractivity contribution in [3.05, 3.63) is 54.2 Å². The number of benzene rings is 1. The SMILES string of the molecule is CN(C)c1cc(CN=C(Nc2ccccc2)N2CCCCC2)ccn1. The third-order valence-electron chi connectivity index (χ3n) is 4.37. The van der Waals surface area contributed by atoms with Crippen LogP contribution < -0.4 is 10.2 Å². The van der Waals surface area contributed by atoms with Crippen LogP contribution >= 0.6 is 0 Å². The van der Waals surface area contributed by atoms with Gasteiger partial charge in [0.05, 0.1) is 6.54 Å². The van der Waals surface area contributed by atoms with Crippen molar-refractivity contribution in [3.63, 3.8) is 0 Å². The van der Waals surface area contributed by atoms with Gasteiger partial charge < -0.3 is 15.1 Å². The van der Waals surface area contributed by atoms with Gasteiger partial charge in [-0.25, -0.2) is 9.98 Å². The Labute approximate surface area is 150 Å². The molecule has 1 fully saturated rings. The molecular weight excluding hydrogens is 310 g/mol. The summed E-state index contributed by atoms with van der Waals surface area (Å²) in [4.78, 5) is 13.7. The molecule has 1 aromatic heterocycles. The summed E-state index contributed by atoms with van der Waals surface area (Å²) in [6.45, 7) is 2.78. The first-order chi connectivity index (χ1) is 12.2. The van der Waals surface area contributed by atoms with Gasteiger partial charge in [0.25, 0.3) is 0 Å². The molecule has 0 amide bonds. The number of aromatic nitrogens is 1. The van der Waals surface area contributed by atoms with Crippen LogP contribution in [0.15, 0.2) is 53.7 Å². The van der Waals surface area contributed by atoms with Crippen molar-refractivity contribution < 1.29 is 0 Å². The largest absolute Gasteiger partial charge is 0.363 e. The molecule has 2 heterocycles. The normalized spacial score (nSPS) is 15.1. The molecule has 1 aromatic carbocycles. The summed E-state index contributed by atoms with van der Waals surface area (Å²) < 4.78 is 0. The fourth-order valence-corrected chi connectivity index (χ4v) is 2.94. The van der Waals surface area contributed by atoms with Gasteiger partial charge in [0.15, 0.2) is 5.96 Å². The second-order valence-electron chi connectivity index (χ2n) is 6.60. The Morgan fingerprint density at radius 3 is 2.60 bits per heavy atom.